The van der Waals surface area contributed by atoms with Gasteiger partial charge in [-0.3, -0.25) is 9.97 Å². The maximum Gasteiger partial charge on any atom is 0.216 e. The van der Waals surface area contributed by atoms with E-state index in [4.69, 9.17) is 24.4 Å². The van der Waals surface area contributed by atoms with Crippen LogP contribution < -0.4 is 5.19 Å². The Hall–Kier alpha value is -6.05. The standard InChI is InChI=1S/C34H21N4O.C22H30NSi.Ir/c1-21-15-16-23-17-19-29-31(30(23)35-21)38(24-11-6-3-7-12-24)33(36-29)27-14-8-13-25-26-18-20-28(22-9-4-2-5-10-22)37-34(26)39-32(25)27;1-16(2)12-20-14-21(23-15-22(20)24(3,4)5)19-11-10-17-8-6-7-9-18(17)13-19;/h2-13,15-20H,1H3;10,13-16H,6-9,12H2,1-5H3;/q2*-1;. The van der Waals surface area contributed by atoms with Gasteiger partial charge in [0, 0.05) is 54.0 Å². The summed E-state index contributed by atoms with van der Waals surface area (Å²) in [6.45, 7) is 13.9. The minimum absolute atomic E-state index is 0. The van der Waals surface area contributed by atoms with Crippen molar-refractivity contribution in [3.05, 3.63) is 168 Å². The molecule has 64 heavy (non-hydrogen) atoms. The fraction of sp³-hybridized carbons (Fsp3) is 0.214. The number of rotatable bonds is 7. The number of aromatic nitrogens is 5. The van der Waals surface area contributed by atoms with Crippen molar-refractivity contribution in [2.24, 2.45) is 5.92 Å². The molecule has 0 bridgehead atoms. The van der Waals surface area contributed by atoms with Crippen LogP contribution in [0.1, 0.15) is 49.1 Å². The molecule has 0 N–H and O–H groups in total. The monoisotopic (exact) mass is 1030 g/mol. The third-order valence-corrected chi connectivity index (χ3v) is 14.3. The van der Waals surface area contributed by atoms with Crippen molar-refractivity contribution in [3.63, 3.8) is 0 Å². The Labute approximate surface area is 390 Å². The van der Waals surface area contributed by atoms with Gasteiger partial charge in [0.1, 0.15) is 0 Å². The number of aryl methyl sites for hydroxylation is 3. The zero-order valence-corrected chi connectivity index (χ0v) is 40.7. The zero-order chi connectivity index (χ0) is 43.2. The van der Waals surface area contributed by atoms with Crippen LogP contribution in [0.2, 0.25) is 19.6 Å². The zero-order valence-electron chi connectivity index (χ0n) is 37.3. The molecule has 0 spiro atoms. The molecular formula is C56H51IrN5OSi-2. The van der Waals surface area contributed by atoms with Crippen LogP contribution in [0.4, 0.5) is 0 Å². The van der Waals surface area contributed by atoms with Crippen molar-refractivity contribution < 1.29 is 24.5 Å². The number of hydrogen-bond donors (Lipinski definition) is 0. The molecule has 0 aliphatic heterocycles. The maximum absolute atomic E-state index is 6.48. The molecule has 5 heterocycles. The van der Waals surface area contributed by atoms with Gasteiger partial charge in [-0.25, -0.2) is 4.98 Å². The molecule has 0 amide bonds. The van der Waals surface area contributed by atoms with Gasteiger partial charge in [0.15, 0.2) is 0 Å². The SMILES string of the molecule is CC(C)Cc1cc(-c2[c-]cc3c(c2)CCCC3)ncc1[Si](C)(C)C.Cc1ccc2ccc3nc(-c4[c-]ccc5c4oc4nc(-c6ccccc6)ccc45)n(-c4ccccc4)c3c2n1.[Ir]. The van der Waals surface area contributed by atoms with Crippen molar-refractivity contribution in [2.45, 2.75) is 72.5 Å². The van der Waals surface area contributed by atoms with E-state index in [-0.39, 0.29) is 20.1 Å². The Morgan fingerprint density at radius 1 is 0.750 bits per heavy atom. The summed E-state index contributed by atoms with van der Waals surface area (Å²) in [6.07, 6.45) is 8.36. The van der Waals surface area contributed by atoms with Crippen LogP contribution in [0.3, 0.4) is 0 Å². The van der Waals surface area contributed by atoms with E-state index in [1.165, 1.54) is 53.1 Å². The summed E-state index contributed by atoms with van der Waals surface area (Å²) >= 11 is 0. The Bertz CT molecular complexity index is 3300. The third kappa shape index (κ3) is 8.38. The molecule has 1 aliphatic carbocycles. The van der Waals surface area contributed by atoms with Crippen molar-refractivity contribution in [1.82, 2.24) is 24.5 Å². The van der Waals surface area contributed by atoms with Gasteiger partial charge in [0.05, 0.1) is 41.7 Å². The van der Waals surface area contributed by atoms with Crippen molar-refractivity contribution >= 4 is 57.3 Å². The van der Waals surface area contributed by atoms with Gasteiger partial charge >= 0.3 is 0 Å². The van der Waals surface area contributed by atoms with Gasteiger partial charge in [-0.05, 0) is 73.0 Å². The van der Waals surface area contributed by atoms with E-state index < -0.39 is 8.07 Å². The molecule has 0 unspecified atom stereocenters. The second kappa shape index (κ2) is 17.8. The van der Waals surface area contributed by atoms with Gasteiger partial charge in [-0.1, -0.05) is 136 Å². The first kappa shape index (κ1) is 43.2. The van der Waals surface area contributed by atoms with Crippen LogP contribution in [-0.2, 0) is 39.4 Å². The van der Waals surface area contributed by atoms with Crippen molar-refractivity contribution in [1.29, 1.82) is 0 Å². The number of nitrogens with zero attached hydrogens (tertiary/aromatic N) is 5. The predicted octanol–water partition coefficient (Wildman–Crippen LogP) is 13.5. The van der Waals surface area contributed by atoms with Crippen molar-refractivity contribution in [3.8, 4) is 39.6 Å². The van der Waals surface area contributed by atoms with Crippen LogP contribution in [0, 0.1) is 25.0 Å². The van der Waals surface area contributed by atoms with Crippen LogP contribution >= 0.6 is 0 Å². The normalized spacial score (nSPS) is 12.7. The second-order valence-electron chi connectivity index (χ2n) is 18.4. The number of pyridine rings is 3. The van der Waals surface area contributed by atoms with Crippen molar-refractivity contribution in [2.75, 3.05) is 0 Å². The first-order chi connectivity index (χ1) is 30.6. The van der Waals surface area contributed by atoms with Crippen LogP contribution in [0.25, 0.3) is 83.6 Å². The van der Waals surface area contributed by atoms with Gasteiger partial charge in [0.2, 0.25) is 5.71 Å². The predicted molar refractivity (Wildman–Crippen MR) is 263 cm³/mol. The number of para-hydroxylation sites is 1. The largest absolute Gasteiger partial charge is 0.486 e. The number of furan rings is 1. The molecule has 0 atom stereocenters. The van der Waals surface area contributed by atoms with E-state index in [2.05, 4.69) is 123 Å². The number of benzene rings is 5. The molecule has 1 aliphatic rings. The number of fused-ring (bicyclic) bond motifs is 7. The summed E-state index contributed by atoms with van der Waals surface area (Å²) in [5, 5.41) is 4.53. The summed E-state index contributed by atoms with van der Waals surface area (Å²) < 4.78 is 8.65. The number of imidazole rings is 1. The summed E-state index contributed by atoms with van der Waals surface area (Å²) in [5.41, 5.74) is 15.5. The Balaban J connectivity index is 0.000000179. The fourth-order valence-electron chi connectivity index (χ4n) is 9.13. The van der Waals surface area contributed by atoms with Gasteiger partial charge in [0.25, 0.3) is 0 Å². The molecule has 8 heteroatoms. The first-order valence-electron chi connectivity index (χ1n) is 22.3. The summed E-state index contributed by atoms with van der Waals surface area (Å²) in [4.78, 5) is 19.8. The molecule has 11 rings (SSSR count). The molecular weight excluding hydrogens is 979 g/mol. The van der Waals surface area contributed by atoms with Crippen LogP contribution in [0.15, 0.2) is 138 Å². The minimum atomic E-state index is -1.36. The summed E-state index contributed by atoms with van der Waals surface area (Å²) in [5.74, 6) is 1.42. The van der Waals surface area contributed by atoms with E-state index >= 15 is 0 Å². The van der Waals surface area contributed by atoms with Crippen LogP contribution in [0.5, 0.6) is 0 Å². The van der Waals surface area contributed by atoms with E-state index in [0.29, 0.717) is 17.2 Å². The maximum atomic E-state index is 6.48. The van der Waals surface area contributed by atoms with Gasteiger partial charge < -0.3 is 14.0 Å². The molecule has 6 nitrogen and oxygen atoms in total. The van der Waals surface area contributed by atoms with E-state index in [1.807, 2.05) is 67.6 Å². The Morgan fingerprint density at radius 2 is 1.50 bits per heavy atom. The fourth-order valence-corrected chi connectivity index (χ4v) is 10.7. The topological polar surface area (TPSA) is 69.6 Å². The molecule has 0 saturated heterocycles. The Morgan fingerprint density at radius 3 is 2.27 bits per heavy atom. The average molecular weight is 1030 g/mol. The van der Waals surface area contributed by atoms with Crippen LogP contribution in [-0.4, -0.2) is 32.6 Å². The summed E-state index contributed by atoms with van der Waals surface area (Å²) in [7, 11) is -1.36. The summed E-state index contributed by atoms with van der Waals surface area (Å²) in [6, 6.07) is 50.6. The van der Waals surface area contributed by atoms with E-state index in [0.717, 1.165) is 78.9 Å². The average Bonchev–Trinajstić information content (AvgIpc) is 3.88. The quantitative estimate of drug-likeness (QED) is 0.117. The molecule has 1 radical (unpaired) electrons. The van der Waals surface area contributed by atoms with Gasteiger partial charge in [-0.2, -0.15) is 0 Å². The molecule has 5 aromatic heterocycles. The smallest absolute Gasteiger partial charge is 0.216 e. The molecule has 0 saturated carbocycles. The molecule has 5 aromatic carbocycles. The van der Waals surface area contributed by atoms with Gasteiger partial charge in [-0.15, -0.1) is 53.1 Å². The minimum Gasteiger partial charge on any atom is -0.486 e. The van der Waals surface area contributed by atoms with E-state index in [9.17, 15) is 0 Å². The molecule has 10 aromatic rings. The molecule has 0 fully saturated rings. The second-order valence-corrected chi connectivity index (χ2v) is 23.4. The molecule has 321 valence electrons. The number of hydrogen-bond acceptors (Lipinski definition) is 5. The van der Waals surface area contributed by atoms with E-state index in [1.54, 1.807) is 0 Å². The Kier molecular flexibility index (Phi) is 12.0. The third-order valence-electron chi connectivity index (χ3n) is 12.2. The first-order valence-corrected chi connectivity index (χ1v) is 25.8.